The highest BCUT2D eigenvalue weighted by atomic mass is 35.5. The molecule has 2 aromatic carbocycles. The molecule has 0 aromatic heterocycles. The van der Waals surface area contributed by atoms with Gasteiger partial charge in [0.1, 0.15) is 36.3 Å². The van der Waals surface area contributed by atoms with Crippen LogP contribution in [0.4, 0.5) is 8.78 Å². The Morgan fingerprint density at radius 3 is 2.77 bits per heavy atom. The summed E-state index contributed by atoms with van der Waals surface area (Å²) < 4.78 is 38.0. The number of carbonyl (C=O) groups excluding carboxylic acids is 1. The lowest BCUT2D eigenvalue weighted by Gasteiger charge is -2.45. The van der Waals surface area contributed by atoms with E-state index in [1.165, 1.54) is 6.08 Å². The number of nitriles is 2. The summed E-state index contributed by atoms with van der Waals surface area (Å²) in [5.41, 5.74) is 1.20. The molecule has 48 heavy (non-hydrogen) atoms. The Hall–Kier alpha value is -4.51. The van der Waals surface area contributed by atoms with E-state index >= 15 is 4.39 Å². The number of hydrogen-bond acceptors (Lipinski definition) is 7. The zero-order valence-corrected chi connectivity index (χ0v) is 27.2. The fourth-order valence-electron chi connectivity index (χ4n) is 8.28. The third-order valence-electron chi connectivity index (χ3n) is 10.5. The Labute approximate surface area is 283 Å². The molecule has 3 saturated heterocycles. The molecule has 4 heterocycles. The highest BCUT2D eigenvalue weighted by molar-refractivity contribution is 6.36. The molecule has 2 unspecified atom stereocenters. The van der Waals surface area contributed by atoms with E-state index in [0.29, 0.717) is 47.9 Å². The number of dihydropyridines is 1. The minimum Gasteiger partial charge on any atom is -0.475 e. The molecule has 11 heteroatoms. The van der Waals surface area contributed by atoms with Crippen molar-refractivity contribution in [3.8, 4) is 12.1 Å². The maximum Gasteiger partial charge on any atom is 0.246 e. The standard InChI is InChI=1S/C37H35ClF2N6O2/c1-2-31(47)46-17-16-44(21-25(46)12-14-41)35-28-11-10-27(26-8-3-6-23-7-4-9-30(38)32(23)26)33(40)34(28)43-36(29(35)19-42)48-22-37-13-5-15-45(37)20-24(39)18-37/h2-4,6-11,24-25,28,34H,1,5,12-13,15-18,20-22H2/t24-,25+,28?,34?,37+/m1/s1. The van der Waals surface area contributed by atoms with E-state index in [1.54, 1.807) is 17.0 Å². The van der Waals surface area contributed by atoms with E-state index < -0.39 is 35.5 Å². The molecule has 0 spiro atoms. The molecular formula is C37H35ClF2N6O2. The normalized spacial score (nSPS) is 28.6. The maximum absolute atomic E-state index is 17.0. The van der Waals surface area contributed by atoms with Gasteiger partial charge < -0.3 is 14.5 Å². The average Bonchev–Trinajstić information content (AvgIpc) is 3.62. The Kier molecular flexibility index (Phi) is 8.57. The molecule has 5 atom stereocenters. The number of ether oxygens (including phenoxy) is 1. The van der Waals surface area contributed by atoms with Crippen LogP contribution in [0.5, 0.6) is 0 Å². The first-order chi connectivity index (χ1) is 23.3. The van der Waals surface area contributed by atoms with E-state index in [-0.39, 0.29) is 37.0 Å². The second-order valence-corrected chi connectivity index (χ2v) is 13.5. The van der Waals surface area contributed by atoms with Gasteiger partial charge in [-0.3, -0.25) is 9.69 Å². The van der Waals surface area contributed by atoms with Crippen LogP contribution in [-0.4, -0.2) is 89.6 Å². The first-order valence-electron chi connectivity index (χ1n) is 16.3. The van der Waals surface area contributed by atoms with Gasteiger partial charge in [0.15, 0.2) is 0 Å². The summed E-state index contributed by atoms with van der Waals surface area (Å²) in [4.78, 5) is 23.2. The van der Waals surface area contributed by atoms with Crippen molar-refractivity contribution < 1.29 is 18.3 Å². The Morgan fingerprint density at radius 1 is 1.19 bits per heavy atom. The first kappa shape index (κ1) is 32.1. The maximum atomic E-state index is 17.0. The van der Waals surface area contributed by atoms with Crippen LogP contribution in [0.3, 0.4) is 0 Å². The highest BCUT2D eigenvalue weighted by Crippen LogP contribution is 2.45. The van der Waals surface area contributed by atoms with Crippen molar-refractivity contribution in [1.82, 2.24) is 14.7 Å². The molecule has 0 bridgehead atoms. The summed E-state index contributed by atoms with van der Waals surface area (Å²) in [6.45, 7) is 5.77. The highest BCUT2D eigenvalue weighted by Gasteiger charge is 2.50. The van der Waals surface area contributed by atoms with Crippen LogP contribution in [0.2, 0.25) is 5.02 Å². The number of nitrogens with zero attached hydrogens (tertiary/aromatic N) is 6. The number of amides is 1. The number of hydrogen-bond donors (Lipinski definition) is 0. The van der Waals surface area contributed by atoms with E-state index in [4.69, 9.17) is 21.3 Å². The van der Waals surface area contributed by atoms with Crippen LogP contribution in [0.15, 0.2) is 83.3 Å². The lowest BCUT2D eigenvalue weighted by Crippen LogP contribution is -2.56. The van der Waals surface area contributed by atoms with Gasteiger partial charge in [0, 0.05) is 60.2 Å². The Bertz CT molecular complexity index is 1890. The quantitative estimate of drug-likeness (QED) is 0.344. The van der Waals surface area contributed by atoms with Crippen LogP contribution in [0.1, 0.15) is 31.2 Å². The predicted octanol–water partition coefficient (Wildman–Crippen LogP) is 6.12. The molecule has 4 aliphatic heterocycles. The van der Waals surface area contributed by atoms with Crippen molar-refractivity contribution in [2.45, 2.75) is 49.5 Å². The molecule has 2 aromatic rings. The van der Waals surface area contributed by atoms with Crippen molar-refractivity contribution in [3.63, 3.8) is 0 Å². The van der Waals surface area contributed by atoms with E-state index in [1.807, 2.05) is 41.3 Å². The number of rotatable bonds is 6. The van der Waals surface area contributed by atoms with Crippen molar-refractivity contribution in [2.75, 3.05) is 39.3 Å². The molecule has 5 aliphatic rings. The molecule has 246 valence electrons. The zero-order valence-electron chi connectivity index (χ0n) is 26.4. The average molecular weight is 669 g/mol. The predicted molar refractivity (Wildman–Crippen MR) is 180 cm³/mol. The fraction of sp³-hybridized carbons (Fsp3) is 0.405. The number of carbonyl (C=O) groups is 1. The van der Waals surface area contributed by atoms with E-state index in [9.17, 15) is 19.7 Å². The second-order valence-electron chi connectivity index (χ2n) is 13.1. The summed E-state index contributed by atoms with van der Waals surface area (Å²) in [6, 6.07) is 14.1. The summed E-state index contributed by atoms with van der Waals surface area (Å²) in [7, 11) is 0. The summed E-state index contributed by atoms with van der Waals surface area (Å²) in [5, 5.41) is 22.3. The molecule has 1 amide bonds. The van der Waals surface area contributed by atoms with Crippen LogP contribution in [-0.2, 0) is 9.53 Å². The van der Waals surface area contributed by atoms with Gasteiger partial charge in [-0.05, 0) is 42.5 Å². The topological polar surface area (TPSA) is 96.0 Å². The van der Waals surface area contributed by atoms with Gasteiger partial charge in [-0.25, -0.2) is 13.8 Å². The van der Waals surface area contributed by atoms with Gasteiger partial charge in [0.05, 0.1) is 24.1 Å². The van der Waals surface area contributed by atoms with Gasteiger partial charge in [0.2, 0.25) is 11.8 Å². The number of allylic oxidation sites excluding steroid dienone is 2. The molecule has 0 saturated carbocycles. The van der Waals surface area contributed by atoms with Gasteiger partial charge in [0.25, 0.3) is 0 Å². The molecule has 3 fully saturated rings. The van der Waals surface area contributed by atoms with Gasteiger partial charge in [-0.1, -0.05) is 60.7 Å². The first-order valence-corrected chi connectivity index (χ1v) is 16.7. The SMILES string of the molecule is C=CC(=O)N1CCN(C2=C(C#N)C(OC[C@@]34CCCN3C[C@H](F)C4)=NC3C(F)=C(c4cccc5cccc(Cl)c45)C=CC23)C[C@@H]1CC#N. The monoisotopic (exact) mass is 668 g/mol. The van der Waals surface area contributed by atoms with Gasteiger partial charge in [-0.15, -0.1) is 0 Å². The number of fused-ring (bicyclic) bond motifs is 3. The number of halogens is 3. The summed E-state index contributed by atoms with van der Waals surface area (Å²) >= 11 is 6.64. The molecule has 0 radical (unpaired) electrons. The van der Waals surface area contributed by atoms with E-state index in [0.717, 1.165) is 30.2 Å². The van der Waals surface area contributed by atoms with Crippen LogP contribution in [0.25, 0.3) is 16.3 Å². The largest absolute Gasteiger partial charge is 0.475 e. The van der Waals surface area contributed by atoms with Crippen LogP contribution < -0.4 is 0 Å². The smallest absolute Gasteiger partial charge is 0.246 e. The van der Waals surface area contributed by atoms with Crippen molar-refractivity contribution in [2.24, 2.45) is 10.9 Å². The molecule has 1 aliphatic carbocycles. The zero-order chi connectivity index (χ0) is 33.6. The lowest BCUT2D eigenvalue weighted by atomic mass is 9.81. The second kappa shape index (κ2) is 12.8. The third kappa shape index (κ3) is 5.38. The third-order valence-corrected chi connectivity index (χ3v) is 10.8. The van der Waals surface area contributed by atoms with Gasteiger partial charge in [-0.2, -0.15) is 10.5 Å². The van der Waals surface area contributed by atoms with Crippen molar-refractivity contribution in [3.05, 3.63) is 88.9 Å². The number of aliphatic imine (C=N–C) groups is 1. The minimum absolute atomic E-state index is 0.0273. The fourth-order valence-corrected chi connectivity index (χ4v) is 8.56. The van der Waals surface area contributed by atoms with E-state index in [2.05, 4.69) is 23.6 Å². The molecule has 8 nitrogen and oxygen atoms in total. The lowest BCUT2D eigenvalue weighted by molar-refractivity contribution is -0.130. The summed E-state index contributed by atoms with van der Waals surface area (Å²) in [6.07, 6.45) is 5.98. The van der Waals surface area contributed by atoms with Crippen LogP contribution >= 0.6 is 11.6 Å². The minimum atomic E-state index is -1.04. The number of alkyl halides is 1. The summed E-state index contributed by atoms with van der Waals surface area (Å²) in [5.74, 6) is -1.37. The van der Waals surface area contributed by atoms with Crippen LogP contribution in [0, 0.1) is 28.6 Å². The van der Waals surface area contributed by atoms with Gasteiger partial charge >= 0.3 is 0 Å². The van der Waals surface area contributed by atoms with Crippen molar-refractivity contribution in [1.29, 1.82) is 10.5 Å². The number of piperazine rings is 1. The molecule has 0 N–H and O–H groups in total. The molecular weight excluding hydrogens is 634 g/mol. The number of benzene rings is 2. The Balaban J connectivity index is 1.31. The Morgan fingerprint density at radius 2 is 2.00 bits per heavy atom. The molecule has 7 rings (SSSR count). The van der Waals surface area contributed by atoms with Crippen molar-refractivity contribution >= 4 is 39.8 Å².